The van der Waals surface area contributed by atoms with E-state index in [1.165, 1.54) is 0 Å². The lowest BCUT2D eigenvalue weighted by Crippen LogP contribution is -2.68. The van der Waals surface area contributed by atoms with Crippen molar-refractivity contribution in [3.63, 3.8) is 0 Å². The lowest BCUT2D eigenvalue weighted by molar-refractivity contribution is -0.239. The molecule has 0 spiro atoms. The van der Waals surface area contributed by atoms with Gasteiger partial charge >= 0.3 is 7.12 Å². The fourth-order valence-corrected chi connectivity index (χ4v) is 4.46. The van der Waals surface area contributed by atoms with Gasteiger partial charge in [0.2, 0.25) is 0 Å². The van der Waals surface area contributed by atoms with Gasteiger partial charge in [-0.2, -0.15) is 0 Å². The van der Waals surface area contributed by atoms with Crippen LogP contribution in [0.1, 0.15) is 45.1 Å². The zero-order chi connectivity index (χ0) is 16.1. The molecule has 0 saturated heterocycles. The van der Waals surface area contributed by atoms with Crippen LogP contribution in [0.25, 0.3) is 0 Å². The average Bonchev–Trinajstić information content (AvgIpc) is 2.49. The standard InChI is InChI=1S/C17H26BNO3/c1-16(2)12-9-13(16)17(3,14(20)10-12)22-18(21)15(19)11-7-5-4-6-8-11/h4-8,12-15,20-21H,9-10,19H2,1-3H3/t12-,13-,14+,15-,17-/m0/s1. The van der Waals surface area contributed by atoms with E-state index in [4.69, 9.17) is 10.4 Å². The van der Waals surface area contributed by atoms with Crippen molar-refractivity contribution >= 4 is 7.12 Å². The van der Waals surface area contributed by atoms with Gasteiger partial charge in [0.25, 0.3) is 0 Å². The molecule has 0 radical (unpaired) electrons. The summed E-state index contributed by atoms with van der Waals surface area (Å²) in [7, 11) is -1.13. The SMILES string of the molecule is CC1(C)[C@@H]2C[C@@H](O)[C@@](C)(OB(O)[C@@H](N)c3ccccc3)[C@H]1C2. The van der Waals surface area contributed by atoms with Crippen LogP contribution in [0.15, 0.2) is 30.3 Å². The van der Waals surface area contributed by atoms with Gasteiger partial charge in [-0.1, -0.05) is 44.2 Å². The third-order valence-electron chi connectivity index (χ3n) is 6.20. The molecule has 0 aromatic heterocycles. The zero-order valence-corrected chi connectivity index (χ0v) is 13.6. The Kier molecular flexibility index (Phi) is 3.88. The molecular weight excluding hydrogens is 277 g/mol. The Morgan fingerprint density at radius 2 is 1.86 bits per heavy atom. The van der Waals surface area contributed by atoms with Gasteiger partial charge in [0.05, 0.1) is 17.6 Å². The third kappa shape index (κ3) is 2.31. The molecule has 0 amide bonds. The summed E-state index contributed by atoms with van der Waals surface area (Å²) >= 11 is 0. The number of benzene rings is 1. The molecule has 3 aliphatic rings. The molecule has 2 bridgehead atoms. The van der Waals surface area contributed by atoms with Gasteiger partial charge < -0.3 is 20.5 Å². The minimum absolute atomic E-state index is 0.143. The normalized spacial score (nSPS) is 37.3. The van der Waals surface area contributed by atoms with Crippen LogP contribution in [0.5, 0.6) is 0 Å². The van der Waals surface area contributed by atoms with Crippen LogP contribution in [0.2, 0.25) is 0 Å². The molecule has 3 saturated carbocycles. The molecule has 4 N–H and O–H groups in total. The predicted molar refractivity (Wildman–Crippen MR) is 86.8 cm³/mol. The van der Waals surface area contributed by atoms with E-state index in [0.717, 1.165) is 18.4 Å². The lowest BCUT2D eigenvalue weighted by atomic mass is 9.43. The maximum atomic E-state index is 10.5. The highest BCUT2D eigenvalue weighted by Crippen LogP contribution is 2.63. The monoisotopic (exact) mass is 303 g/mol. The van der Waals surface area contributed by atoms with E-state index < -0.39 is 24.8 Å². The van der Waals surface area contributed by atoms with E-state index in [1.807, 2.05) is 37.3 Å². The summed E-state index contributed by atoms with van der Waals surface area (Å²) in [6.45, 7) is 6.37. The third-order valence-corrected chi connectivity index (χ3v) is 6.20. The molecule has 22 heavy (non-hydrogen) atoms. The van der Waals surface area contributed by atoms with Crippen LogP contribution in [-0.2, 0) is 4.65 Å². The number of aliphatic hydroxyl groups excluding tert-OH is 1. The quantitative estimate of drug-likeness (QED) is 0.743. The van der Waals surface area contributed by atoms with Gasteiger partial charge in [0.1, 0.15) is 0 Å². The number of hydrogen-bond acceptors (Lipinski definition) is 4. The Bertz CT molecular complexity index is 538. The van der Waals surface area contributed by atoms with Crippen LogP contribution in [0.4, 0.5) is 0 Å². The second kappa shape index (κ2) is 5.34. The molecule has 5 heteroatoms. The van der Waals surface area contributed by atoms with E-state index in [-0.39, 0.29) is 11.3 Å². The Labute approximate surface area is 132 Å². The fraction of sp³-hybridized carbons (Fsp3) is 0.647. The van der Waals surface area contributed by atoms with E-state index in [2.05, 4.69) is 13.8 Å². The molecule has 1 aromatic carbocycles. The molecule has 4 nitrogen and oxygen atoms in total. The van der Waals surface area contributed by atoms with Crippen LogP contribution in [0.3, 0.4) is 0 Å². The van der Waals surface area contributed by atoms with Crippen molar-refractivity contribution in [3.8, 4) is 0 Å². The second-order valence-corrected chi connectivity index (χ2v) is 7.69. The minimum atomic E-state index is -1.13. The van der Waals surface area contributed by atoms with Crippen molar-refractivity contribution < 1.29 is 14.8 Å². The first-order valence-corrected chi connectivity index (χ1v) is 8.11. The van der Waals surface area contributed by atoms with Gasteiger partial charge in [-0.15, -0.1) is 0 Å². The number of rotatable bonds is 4. The number of hydrogen-bond donors (Lipinski definition) is 3. The number of fused-ring (bicyclic) bond motifs is 2. The number of nitrogens with two attached hydrogens (primary N) is 1. The summed E-state index contributed by atoms with van der Waals surface area (Å²) in [5.41, 5.74) is 6.36. The van der Waals surface area contributed by atoms with Crippen LogP contribution >= 0.6 is 0 Å². The number of aliphatic hydroxyl groups is 1. The summed E-state index contributed by atoms with van der Waals surface area (Å²) in [5.74, 6) is 0.168. The van der Waals surface area contributed by atoms with E-state index >= 15 is 0 Å². The van der Waals surface area contributed by atoms with E-state index in [1.54, 1.807) is 0 Å². The smallest absolute Gasteiger partial charge is 0.426 e. The predicted octanol–water partition coefficient (Wildman–Crippen LogP) is 1.91. The summed E-state index contributed by atoms with van der Waals surface area (Å²) < 4.78 is 5.97. The summed E-state index contributed by atoms with van der Waals surface area (Å²) in [5, 5.41) is 20.9. The molecule has 0 heterocycles. The van der Waals surface area contributed by atoms with Gasteiger partial charge in [0, 0.05) is 0 Å². The maximum Gasteiger partial charge on any atom is 0.477 e. The van der Waals surface area contributed by atoms with Crippen molar-refractivity contribution in [2.75, 3.05) is 0 Å². The first-order valence-electron chi connectivity index (χ1n) is 8.11. The van der Waals surface area contributed by atoms with Gasteiger partial charge in [-0.05, 0) is 42.6 Å². The average molecular weight is 303 g/mol. The second-order valence-electron chi connectivity index (χ2n) is 7.69. The molecule has 0 unspecified atom stereocenters. The molecule has 120 valence electrons. The molecule has 3 fully saturated rings. The molecular formula is C17H26BNO3. The Morgan fingerprint density at radius 1 is 1.23 bits per heavy atom. The summed E-state index contributed by atoms with van der Waals surface area (Å²) in [6, 6.07) is 9.44. The Balaban J connectivity index is 1.76. The minimum Gasteiger partial charge on any atom is -0.426 e. The van der Waals surface area contributed by atoms with Crippen molar-refractivity contribution in [3.05, 3.63) is 35.9 Å². The van der Waals surface area contributed by atoms with Crippen molar-refractivity contribution in [1.82, 2.24) is 0 Å². The maximum absolute atomic E-state index is 10.5. The molecule has 5 atom stereocenters. The highest BCUT2D eigenvalue weighted by Gasteiger charge is 2.64. The van der Waals surface area contributed by atoms with Crippen LogP contribution in [-0.4, -0.2) is 29.0 Å². The van der Waals surface area contributed by atoms with E-state index in [9.17, 15) is 10.1 Å². The van der Waals surface area contributed by atoms with Crippen LogP contribution in [0, 0.1) is 17.3 Å². The Hall–Kier alpha value is -0.875. The largest absolute Gasteiger partial charge is 0.477 e. The summed E-state index contributed by atoms with van der Waals surface area (Å²) in [6.07, 6.45) is 1.23. The van der Waals surface area contributed by atoms with Crippen molar-refractivity contribution in [1.29, 1.82) is 0 Å². The fourth-order valence-electron chi connectivity index (χ4n) is 4.46. The van der Waals surface area contributed by atoms with Gasteiger partial charge in [0.15, 0.2) is 0 Å². The lowest BCUT2D eigenvalue weighted by Gasteiger charge is -2.66. The topological polar surface area (TPSA) is 75.7 Å². The van der Waals surface area contributed by atoms with Gasteiger partial charge in [-0.3, -0.25) is 0 Å². The van der Waals surface area contributed by atoms with Crippen molar-refractivity contribution in [2.45, 2.75) is 51.3 Å². The molecule has 3 aliphatic carbocycles. The first-order chi connectivity index (χ1) is 10.3. The van der Waals surface area contributed by atoms with Gasteiger partial charge in [-0.25, -0.2) is 0 Å². The molecule has 1 aromatic rings. The highest BCUT2D eigenvalue weighted by molar-refractivity contribution is 6.44. The molecule has 4 rings (SSSR count). The van der Waals surface area contributed by atoms with Crippen LogP contribution < -0.4 is 5.73 Å². The van der Waals surface area contributed by atoms with E-state index in [0.29, 0.717) is 5.92 Å². The first kappa shape index (κ1) is 16.0. The van der Waals surface area contributed by atoms with Crippen molar-refractivity contribution in [2.24, 2.45) is 23.0 Å². The summed E-state index contributed by atoms with van der Waals surface area (Å²) in [4.78, 5) is 0. The molecule has 0 aliphatic heterocycles. The Morgan fingerprint density at radius 3 is 2.45 bits per heavy atom. The highest BCUT2D eigenvalue weighted by atomic mass is 16.5. The zero-order valence-electron chi connectivity index (χ0n) is 13.6.